The minimum absolute atomic E-state index is 0. The number of anilines is 1. The number of hydrogen-bond acceptors (Lipinski definition) is 3. The van der Waals surface area contributed by atoms with Crippen molar-refractivity contribution in [2.45, 2.75) is 44.6 Å². The second-order valence-electron chi connectivity index (χ2n) is 7.06. The van der Waals surface area contributed by atoms with Crippen molar-refractivity contribution in [2.75, 3.05) is 31.1 Å². The van der Waals surface area contributed by atoms with Crippen molar-refractivity contribution in [1.29, 1.82) is 0 Å². The summed E-state index contributed by atoms with van der Waals surface area (Å²) in [7, 11) is 0. The maximum Gasteiger partial charge on any atom is 0.220 e. The van der Waals surface area contributed by atoms with E-state index in [1.807, 2.05) is 6.07 Å². The molecule has 1 aromatic carbocycles. The molecular weight excluding hydrogens is 376 g/mol. The Labute approximate surface area is 168 Å². The molecule has 26 heavy (non-hydrogen) atoms. The number of rotatable bonds is 5. The van der Waals surface area contributed by atoms with Crippen LogP contribution in [0.1, 0.15) is 38.5 Å². The third-order valence-electron chi connectivity index (χ3n) is 5.20. The molecule has 2 aliphatic heterocycles. The monoisotopic (exact) mass is 405 g/mol. The maximum absolute atomic E-state index is 13.4. The maximum atomic E-state index is 13.4. The number of piperidine rings is 2. The first kappa shape index (κ1) is 23.0. The molecule has 2 fully saturated rings. The van der Waals surface area contributed by atoms with Crippen LogP contribution in [0.2, 0.25) is 0 Å². The summed E-state index contributed by atoms with van der Waals surface area (Å²) in [4.78, 5) is 14.4. The fraction of sp³-hybridized carbons (Fsp3) is 0.632. The van der Waals surface area contributed by atoms with Gasteiger partial charge >= 0.3 is 0 Å². The van der Waals surface area contributed by atoms with E-state index in [0.717, 1.165) is 51.1 Å². The third kappa shape index (κ3) is 6.93. The SMILES string of the molecule is Cl.Cl.O=C(CCC1CCNCC1)NC1CCCN(c2cccc(F)c2)C1. The molecule has 2 N–H and O–H groups in total. The molecule has 1 amide bonds. The predicted molar refractivity (Wildman–Crippen MR) is 109 cm³/mol. The number of halogens is 3. The molecule has 1 unspecified atom stereocenters. The summed E-state index contributed by atoms with van der Waals surface area (Å²) in [6.45, 7) is 3.85. The van der Waals surface area contributed by atoms with Crippen LogP contribution in [0.4, 0.5) is 10.1 Å². The average molecular weight is 406 g/mol. The van der Waals surface area contributed by atoms with E-state index in [1.54, 1.807) is 12.1 Å². The van der Waals surface area contributed by atoms with Crippen molar-refractivity contribution < 1.29 is 9.18 Å². The Hall–Kier alpha value is -1.04. The summed E-state index contributed by atoms with van der Waals surface area (Å²) < 4.78 is 13.4. The molecular formula is C19H30Cl2FN3O. The zero-order chi connectivity index (χ0) is 16.8. The molecule has 0 bridgehead atoms. The van der Waals surface area contributed by atoms with E-state index in [-0.39, 0.29) is 42.6 Å². The average Bonchev–Trinajstić information content (AvgIpc) is 2.61. The van der Waals surface area contributed by atoms with Crippen LogP contribution in [0.5, 0.6) is 0 Å². The highest BCUT2D eigenvalue weighted by Crippen LogP contribution is 2.21. The van der Waals surface area contributed by atoms with E-state index < -0.39 is 0 Å². The van der Waals surface area contributed by atoms with Gasteiger partial charge in [-0.25, -0.2) is 4.39 Å². The Morgan fingerprint density at radius 3 is 2.73 bits per heavy atom. The number of carbonyl (C=O) groups is 1. The van der Waals surface area contributed by atoms with E-state index in [9.17, 15) is 9.18 Å². The fourth-order valence-corrected chi connectivity index (χ4v) is 3.81. The summed E-state index contributed by atoms with van der Waals surface area (Å²) in [6.07, 6.45) is 6.02. The highest BCUT2D eigenvalue weighted by Gasteiger charge is 2.22. The standard InChI is InChI=1S/C19H28FN3O.2ClH/c20-16-3-1-5-18(13-16)23-12-2-4-17(14-23)22-19(24)7-6-15-8-10-21-11-9-15;;/h1,3,5,13,15,17,21H,2,4,6-12,14H2,(H,22,24);2*1H. The normalized spacial score (nSPS) is 20.7. The van der Waals surface area contributed by atoms with Crippen molar-refractivity contribution in [2.24, 2.45) is 5.92 Å². The lowest BCUT2D eigenvalue weighted by Crippen LogP contribution is -2.47. The Morgan fingerprint density at radius 2 is 2.00 bits per heavy atom. The fourth-order valence-electron chi connectivity index (χ4n) is 3.81. The molecule has 2 saturated heterocycles. The highest BCUT2D eigenvalue weighted by atomic mass is 35.5. The largest absolute Gasteiger partial charge is 0.369 e. The molecule has 3 rings (SSSR count). The van der Waals surface area contributed by atoms with Gasteiger partial charge in [-0.3, -0.25) is 4.79 Å². The van der Waals surface area contributed by atoms with Crippen molar-refractivity contribution in [3.05, 3.63) is 30.1 Å². The first-order valence-corrected chi connectivity index (χ1v) is 9.21. The summed E-state index contributed by atoms with van der Waals surface area (Å²) >= 11 is 0. The van der Waals surface area contributed by atoms with Crippen molar-refractivity contribution in [3.63, 3.8) is 0 Å². The molecule has 4 nitrogen and oxygen atoms in total. The first-order valence-electron chi connectivity index (χ1n) is 9.21. The van der Waals surface area contributed by atoms with E-state index >= 15 is 0 Å². The Balaban J connectivity index is 0.00000169. The van der Waals surface area contributed by atoms with Gasteiger partial charge in [-0.1, -0.05) is 6.07 Å². The summed E-state index contributed by atoms with van der Waals surface area (Å²) in [5.41, 5.74) is 0.906. The smallest absolute Gasteiger partial charge is 0.220 e. The van der Waals surface area contributed by atoms with Crippen LogP contribution in [0.3, 0.4) is 0 Å². The van der Waals surface area contributed by atoms with Crippen LogP contribution in [0, 0.1) is 11.7 Å². The van der Waals surface area contributed by atoms with Gasteiger partial charge in [0.1, 0.15) is 5.82 Å². The van der Waals surface area contributed by atoms with Crippen LogP contribution in [-0.2, 0) is 4.79 Å². The Kier molecular flexibility index (Phi) is 10.3. The number of amides is 1. The van der Waals surface area contributed by atoms with Crippen molar-refractivity contribution in [1.82, 2.24) is 10.6 Å². The predicted octanol–water partition coefficient (Wildman–Crippen LogP) is 3.53. The van der Waals surface area contributed by atoms with Gasteiger partial charge in [0, 0.05) is 31.2 Å². The molecule has 2 heterocycles. The zero-order valence-electron chi connectivity index (χ0n) is 15.1. The number of nitrogens with zero attached hydrogens (tertiary/aromatic N) is 1. The molecule has 7 heteroatoms. The van der Waals surface area contributed by atoms with Gasteiger partial charge in [0.05, 0.1) is 0 Å². The lowest BCUT2D eigenvalue weighted by atomic mass is 9.93. The molecule has 1 atom stereocenters. The number of nitrogens with one attached hydrogen (secondary N) is 2. The van der Waals surface area contributed by atoms with Gasteiger partial charge in [-0.2, -0.15) is 0 Å². The Morgan fingerprint density at radius 1 is 1.23 bits per heavy atom. The van der Waals surface area contributed by atoms with E-state index in [4.69, 9.17) is 0 Å². The molecule has 1 aromatic rings. The third-order valence-corrected chi connectivity index (χ3v) is 5.20. The quantitative estimate of drug-likeness (QED) is 0.787. The van der Waals surface area contributed by atoms with Gasteiger partial charge in [-0.15, -0.1) is 24.8 Å². The molecule has 0 spiro atoms. The lowest BCUT2D eigenvalue weighted by molar-refractivity contribution is -0.122. The van der Waals surface area contributed by atoms with Crippen LogP contribution < -0.4 is 15.5 Å². The van der Waals surface area contributed by atoms with Gasteiger partial charge in [-0.05, 0) is 69.3 Å². The van der Waals surface area contributed by atoms with E-state index in [0.29, 0.717) is 12.3 Å². The topological polar surface area (TPSA) is 44.4 Å². The van der Waals surface area contributed by atoms with Gasteiger partial charge in [0.15, 0.2) is 0 Å². The van der Waals surface area contributed by atoms with Crippen LogP contribution in [0.15, 0.2) is 24.3 Å². The first-order chi connectivity index (χ1) is 11.7. The van der Waals surface area contributed by atoms with Crippen molar-refractivity contribution >= 4 is 36.4 Å². The minimum Gasteiger partial charge on any atom is -0.369 e. The zero-order valence-corrected chi connectivity index (χ0v) is 16.7. The molecule has 0 radical (unpaired) electrons. The molecule has 0 aromatic heterocycles. The number of benzene rings is 1. The van der Waals surface area contributed by atoms with Crippen LogP contribution in [0.25, 0.3) is 0 Å². The van der Waals surface area contributed by atoms with Gasteiger partial charge in [0.25, 0.3) is 0 Å². The van der Waals surface area contributed by atoms with E-state index in [1.165, 1.54) is 18.9 Å². The minimum atomic E-state index is -0.208. The molecule has 148 valence electrons. The summed E-state index contributed by atoms with van der Waals surface area (Å²) in [6, 6.07) is 6.88. The molecule has 2 aliphatic rings. The van der Waals surface area contributed by atoms with Gasteiger partial charge in [0.2, 0.25) is 5.91 Å². The summed E-state index contributed by atoms with van der Waals surface area (Å²) in [5.74, 6) is 0.646. The van der Waals surface area contributed by atoms with Crippen molar-refractivity contribution in [3.8, 4) is 0 Å². The van der Waals surface area contributed by atoms with Gasteiger partial charge < -0.3 is 15.5 Å². The second-order valence-corrected chi connectivity index (χ2v) is 7.06. The Bertz CT molecular complexity index is 555. The molecule has 0 saturated carbocycles. The highest BCUT2D eigenvalue weighted by molar-refractivity contribution is 5.85. The molecule has 0 aliphatic carbocycles. The number of carbonyl (C=O) groups excluding carboxylic acids is 1. The summed E-state index contributed by atoms with van der Waals surface area (Å²) in [5, 5.41) is 6.54. The number of hydrogen-bond donors (Lipinski definition) is 2. The van der Waals surface area contributed by atoms with E-state index in [2.05, 4.69) is 15.5 Å². The second kappa shape index (κ2) is 11.6. The lowest BCUT2D eigenvalue weighted by Gasteiger charge is -2.35. The van der Waals surface area contributed by atoms with Crippen LogP contribution in [-0.4, -0.2) is 38.1 Å². The van der Waals surface area contributed by atoms with Crippen LogP contribution >= 0.6 is 24.8 Å².